The second-order valence-corrected chi connectivity index (χ2v) is 5.23. The maximum absolute atomic E-state index is 13.5. The molecule has 0 radical (unpaired) electrons. The Morgan fingerprint density at radius 3 is 2.14 bits per heavy atom. The molecule has 0 aliphatic heterocycles. The van der Waals surface area contributed by atoms with Crippen molar-refractivity contribution in [3.05, 3.63) is 35.4 Å². The normalized spacial score (nSPS) is 15.1. The van der Waals surface area contributed by atoms with Crippen LogP contribution < -0.4 is 5.32 Å². The summed E-state index contributed by atoms with van der Waals surface area (Å²) >= 11 is 0. The first-order valence-corrected chi connectivity index (χ1v) is 6.70. The van der Waals surface area contributed by atoms with Gasteiger partial charge in [-0.2, -0.15) is 0 Å². The summed E-state index contributed by atoms with van der Waals surface area (Å²) in [4.78, 5) is 22.7. The standard InChI is InChI=1S/C15H19F2NO3/c1-8(7-11-12(16)5-4-6-13(11)17)18-14(19)9(2)10(3)15(20)21/h4-6,8-10H,7H2,1-3H3,(H,18,19)(H,20,21). The summed E-state index contributed by atoms with van der Waals surface area (Å²) < 4.78 is 27.0. The van der Waals surface area contributed by atoms with Gasteiger partial charge in [0.25, 0.3) is 0 Å². The lowest BCUT2D eigenvalue weighted by Gasteiger charge is -2.20. The molecular weight excluding hydrogens is 280 g/mol. The monoisotopic (exact) mass is 299 g/mol. The first-order chi connectivity index (χ1) is 9.73. The van der Waals surface area contributed by atoms with Gasteiger partial charge in [-0.3, -0.25) is 9.59 Å². The average molecular weight is 299 g/mol. The van der Waals surface area contributed by atoms with Gasteiger partial charge in [-0.1, -0.05) is 19.9 Å². The molecule has 0 aliphatic rings. The van der Waals surface area contributed by atoms with Gasteiger partial charge in [-0.15, -0.1) is 0 Å². The summed E-state index contributed by atoms with van der Waals surface area (Å²) in [5, 5.41) is 11.4. The fraction of sp³-hybridized carbons (Fsp3) is 0.467. The summed E-state index contributed by atoms with van der Waals surface area (Å²) in [6, 6.07) is 3.07. The molecule has 1 aromatic carbocycles. The molecule has 0 aromatic heterocycles. The van der Waals surface area contributed by atoms with Crippen molar-refractivity contribution in [2.75, 3.05) is 0 Å². The van der Waals surface area contributed by atoms with Crippen molar-refractivity contribution in [3.63, 3.8) is 0 Å². The number of hydrogen-bond acceptors (Lipinski definition) is 2. The number of benzene rings is 1. The van der Waals surface area contributed by atoms with Crippen LogP contribution in [0.4, 0.5) is 8.78 Å². The van der Waals surface area contributed by atoms with Gasteiger partial charge in [0.15, 0.2) is 0 Å². The SMILES string of the molecule is CC(Cc1c(F)cccc1F)NC(=O)C(C)C(C)C(=O)O. The Hall–Kier alpha value is -1.98. The van der Waals surface area contributed by atoms with Crippen LogP contribution in [0.25, 0.3) is 0 Å². The van der Waals surface area contributed by atoms with E-state index in [1.807, 2.05) is 0 Å². The number of carboxylic acid groups (broad SMARTS) is 1. The van der Waals surface area contributed by atoms with Crippen molar-refractivity contribution >= 4 is 11.9 Å². The third-order valence-electron chi connectivity index (χ3n) is 3.51. The molecule has 21 heavy (non-hydrogen) atoms. The van der Waals surface area contributed by atoms with E-state index in [0.717, 1.165) is 12.1 Å². The first-order valence-electron chi connectivity index (χ1n) is 6.70. The summed E-state index contributed by atoms with van der Waals surface area (Å²) in [5.74, 6) is -4.40. The fourth-order valence-electron chi connectivity index (χ4n) is 1.90. The number of halogens is 2. The highest BCUT2D eigenvalue weighted by Crippen LogP contribution is 2.15. The molecule has 6 heteroatoms. The van der Waals surface area contributed by atoms with E-state index in [4.69, 9.17) is 5.11 Å². The van der Waals surface area contributed by atoms with Crippen LogP contribution in [-0.2, 0) is 16.0 Å². The van der Waals surface area contributed by atoms with E-state index in [9.17, 15) is 18.4 Å². The molecule has 116 valence electrons. The zero-order chi connectivity index (χ0) is 16.2. The highest BCUT2D eigenvalue weighted by molar-refractivity contribution is 5.84. The van der Waals surface area contributed by atoms with Crippen LogP contribution in [0.3, 0.4) is 0 Å². The molecule has 3 atom stereocenters. The summed E-state index contributed by atoms with van der Waals surface area (Å²) in [7, 11) is 0. The second-order valence-electron chi connectivity index (χ2n) is 5.23. The molecule has 0 bridgehead atoms. The number of carbonyl (C=O) groups excluding carboxylic acids is 1. The van der Waals surface area contributed by atoms with E-state index in [1.165, 1.54) is 19.9 Å². The molecule has 4 nitrogen and oxygen atoms in total. The van der Waals surface area contributed by atoms with Crippen LogP contribution in [0.2, 0.25) is 0 Å². The minimum absolute atomic E-state index is 0.00157. The molecular formula is C15H19F2NO3. The largest absolute Gasteiger partial charge is 0.481 e. The Morgan fingerprint density at radius 2 is 1.67 bits per heavy atom. The number of rotatable bonds is 6. The van der Waals surface area contributed by atoms with Gasteiger partial charge in [0.2, 0.25) is 5.91 Å². The van der Waals surface area contributed by atoms with Crippen molar-refractivity contribution in [2.45, 2.75) is 33.2 Å². The van der Waals surface area contributed by atoms with E-state index < -0.39 is 41.4 Å². The van der Waals surface area contributed by atoms with Crippen molar-refractivity contribution in [1.82, 2.24) is 5.32 Å². The highest BCUT2D eigenvalue weighted by atomic mass is 19.1. The van der Waals surface area contributed by atoms with Crippen LogP contribution in [0, 0.1) is 23.5 Å². The second kappa shape index (κ2) is 7.15. The third-order valence-corrected chi connectivity index (χ3v) is 3.51. The van der Waals surface area contributed by atoms with Crippen LogP contribution in [0.15, 0.2) is 18.2 Å². The summed E-state index contributed by atoms with van der Waals surface area (Å²) in [6.07, 6.45) is -0.00157. The van der Waals surface area contributed by atoms with Crippen molar-refractivity contribution in [3.8, 4) is 0 Å². The zero-order valence-electron chi connectivity index (χ0n) is 12.2. The molecule has 3 unspecified atom stereocenters. The maximum Gasteiger partial charge on any atom is 0.307 e. The van der Waals surface area contributed by atoms with Gasteiger partial charge < -0.3 is 10.4 Å². The highest BCUT2D eigenvalue weighted by Gasteiger charge is 2.26. The minimum Gasteiger partial charge on any atom is -0.481 e. The van der Waals surface area contributed by atoms with Crippen LogP contribution in [-0.4, -0.2) is 23.0 Å². The number of carboxylic acids is 1. The Morgan fingerprint density at radius 1 is 1.14 bits per heavy atom. The van der Waals surface area contributed by atoms with Gasteiger partial charge in [0, 0.05) is 17.5 Å². The predicted molar refractivity (Wildman–Crippen MR) is 73.6 cm³/mol. The smallest absolute Gasteiger partial charge is 0.307 e. The molecule has 1 aromatic rings. The molecule has 0 saturated carbocycles. The predicted octanol–water partition coefficient (Wildman–Crippen LogP) is 2.37. The Labute approximate surface area is 122 Å². The van der Waals surface area contributed by atoms with Gasteiger partial charge in [0.05, 0.1) is 5.92 Å². The Kier molecular flexibility index (Phi) is 5.81. The topological polar surface area (TPSA) is 66.4 Å². The number of nitrogens with one attached hydrogen (secondary N) is 1. The average Bonchev–Trinajstić information content (AvgIpc) is 2.41. The number of hydrogen-bond donors (Lipinski definition) is 2. The lowest BCUT2D eigenvalue weighted by atomic mass is 9.94. The minimum atomic E-state index is -1.06. The number of amides is 1. The fourth-order valence-corrected chi connectivity index (χ4v) is 1.90. The van der Waals surface area contributed by atoms with Gasteiger partial charge in [0.1, 0.15) is 11.6 Å². The lowest BCUT2D eigenvalue weighted by molar-refractivity contribution is -0.146. The van der Waals surface area contributed by atoms with E-state index in [-0.39, 0.29) is 12.0 Å². The van der Waals surface area contributed by atoms with Gasteiger partial charge >= 0.3 is 5.97 Å². The maximum atomic E-state index is 13.5. The van der Waals surface area contributed by atoms with E-state index in [1.54, 1.807) is 6.92 Å². The molecule has 0 spiro atoms. The molecule has 1 rings (SSSR count). The van der Waals surface area contributed by atoms with Gasteiger partial charge in [-0.05, 0) is 25.5 Å². The first kappa shape index (κ1) is 17.1. The summed E-state index contributed by atoms with van der Waals surface area (Å²) in [6.45, 7) is 4.56. The van der Waals surface area contributed by atoms with Crippen molar-refractivity contribution in [1.29, 1.82) is 0 Å². The van der Waals surface area contributed by atoms with E-state index in [0.29, 0.717) is 0 Å². The molecule has 0 saturated heterocycles. The zero-order valence-corrected chi connectivity index (χ0v) is 12.2. The molecule has 1 amide bonds. The lowest BCUT2D eigenvalue weighted by Crippen LogP contribution is -2.41. The molecule has 2 N–H and O–H groups in total. The molecule has 0 aliphatic carbocycles. The Bertz CT molecular complexity index is 513. The van der Waals surface area contributed by atoms with Crippen molar-refractivity contribution < 1.29 is 23.5 Å². The molecule has 0 fully saturated rings. The van der Waals surface area contributed by atoms with Crippen LogP contribution in [0.5, 0.6) is 0 Å². The Balaban J connectivity index is 2.67. The number of carbonyl (C=O) groups is 2. The number of aliphatic carboxylic acids is 1. The summed E-state index contributed by atoms with van der Waals surface area (Å²) in [5.41, 5.74) is -0.0933. The van der Waals surface area contributed by atoms with E-state index >= 15 is 0 Å². The van der Waals surface area contributed by atoms with Crippen LogP contribution in [0.1, 0.15) is 26.3 Å². The molecule has 0 heterocycles. The quantitative estimate of drug-likeness (QED) is 0.847. The van der Waals surface area contributed by atoms with Crippen LogP contribution >= 0.6 is 0 Å². The van der Waals surface area contributed by atoms with Crippen molar-refractivity contribution in [2.24, 2.45) is 11.8 Å². The van der Waals surface area contributed by atoms with E-state index in [2.05, 4.69) is 5.32 Å². The third kappa shape index (κ3) is 4.51. The van der Waals surface area contributed by atoms with Gasteiger partial charge in [-0.25, -0.2) is 8.78 Å².